The van der Waals surface area contributed by atoms with E-state index < -0.39 is 11.7 Å². The molecule has 0 aliphatic carbocycles. The minimum absolute atomic E-state index is 0.152. The van der Waals surface area contributed by atoms with E-state index in [0.29, 0.717) is 30.6 Å². The van der Waals surface area contributed by atoms with E-state index in [4.69, 9.17) is 4.74 Å². The Morgan fingerprint density at radius 2 is 2.11 bits per heavy atom. The molecule has 0 spiro atoms. The van der Waals surface area contributed by atoms with Crippen LogP contribution in [0.25, 0.3) is 5.57 Å². The number of carbonyl (C=O) groups is 1. The zero-order valence-electron chi connectivity index (χ0n) is 14.7. The lowest BCUT2D eigenvalue weighted by molar-refractivity contribution is -0.137. The van der Waals surface area contributed by atoms with E-state index in [1.54, 1.807) is 12.3 Å². The molecule has 0 radical (unpaired) electrons. The number of hydrogen-bond donors (Lipinski definition) is 1. The van der Waals surface area contributed by atoms with Crippen LogP contribution in [0.2, 0.25) is 0 Å². The topological polar surface area (TPSA) is 51.2 Å². The lowest BCUT2D eigenvalue weighted by atomic mass is 9.99. The normalized spacial score (nSPS) is 16.8. The number of pyridine rings is 1. The number of ether oxygens (including phenoxy) is 1. The van der Waals surface area contributed by atoms with Crippen LogP contribution in [0.4, 0.5) is 13.2 Å². The van der Waals surface area contributed by atoms with Gasteiger partial charge in [0, 0.05) is 17.8 Å². The molecule has 1 aromatic heterocycles. The van der Waals surface area contributed by atoms with Gasteiger partial charge in [0.1, 0.15) is 5.75 Å². The molecule has 2 aromatic rings. The number of amides is 1. The van der Waals surface area contributed by atoms with Crippen LogP contribution in [-0.2, 0) is 11.0 Å². The summed E-state index contributed by atoms with van der Waals surface area (Å²) in [7, 11) is 0. The summed E-state index contributed by atoms with van der Waals surface area (Å²) in [6.07, 6.45) is -0.202. The lowest BCUT2D eigenvalue weighted by Crippen LogP contribution is -2.25. The smallest absolute Gasteiger partial charge is 0.416 e. The fourth-order valence-corrected chi connectivity index (χ4v) is 2.93. The van der Waals surface area contributed by atoms with Gasteiger partial charge in [0.25, 0.3) is 0 Å². The Bertz CT molecular complexity index is 848. The summed E-state index contributed by atoms with van der Waals surface area (Å²) in [5.74, 6) is -0.171. The Morgan fingerprint density at radius 1 is 1.30 bits per heavy atom. The van der Waals surface area contributed by atoms with Gasteiger partial charge in [-0.15, -0.1) is 0 Å². The van der Waals surface area contributed by atoms with Gasteiger partial charge in [-0.3, -0.25) is 9.78 Å². The second-order valence-electron chi connectivity index (χ2n) is 6.32. The predicted octanol–water partition coefficient (Wildman–Crippen LogP) is 4.53. The molecule has 1 aliphatic rings. The number of fused-ring (bicyclic) bond motifs is 1. The van der Waals surface area contributed by atoms with Crippen LogP contribution in [0, 0.1) is 0 Å². The molecule has 142 valence electrons. The number of rotatable bonds is 3. The van der Waals surface area contributed by atoms with Crippen LogP contribution < -0.4 is 10.1 Å². The molecule has 2 heterocycles. The molecule has 0 saturated heterocycles. The van der Waals surface area contributed by atoms with Crippen LogP contribution in [0.15, 0.2) is 48.7 Å². The monoisotopic (exact) mass is 376 g/mol. The first-order valence-corrected chi connectivity index (χ1v) is 8.61. The number of benzene rings is 1. The Hall–Kier alpha value is -2.83. The maximum absolute atomic E-state index is 12.9. The van der Waals surface area contributed by atoms with Crippen LogP contribution in [-0.4, -0.2) is 17.5 Å². The summed E-state index contributed by atoms with van der Waals surface area (Å²) in [4.78, 5) is 16.6. The molecule has 1 aromatic carbocycles. The maximum atomic E-state index is 12.9. The van der Waals surface area contributed by atoms with Crippen molar-refractivity contribution in [2.45, 2.75) is 32.0 Å². The number of nitrogens with one attached hydrogen (secondary N) is 1. The molecule has 1 atom stereocenters. The van der Waals surface area contributed by atoms with Crippen molar-refractivity contribution in [3.63, 3.8) is 0 Å². The number of alkyl halides is 3. The molecule has 4 nitrogen and oxygen atoms in total. The number of halogens is 3. The van der Waals surface area contributed by atoms with Crippen LogP contribution >= 0.6 is 0 Å². The Balaban J connectivity index is 1.83. The van der Waals surface area contributed by atoms with Crippen molar-refractivity contribution in [3.05, 3.63) is 65.5 Å². The third-order valence-electron chi connectivity index (χ3n) is 4.30. The number of aromatic nitrogens is 1. The zero-order chi connectivity index (χ0) is 19.4. The second-order valence-corrected chi connectivity index (χ2v) is 6.32. The number of carbonyl (C=O) groups excluding carboxylic acids is 1. The molecule has 1 amide bonds. The van der Waals surface area contributed by atoms with Gasteiger partial charge in [-0.05, 0) is 49.6 Å². The molecule has 7 heteroatoms. The minimum atomic E-state index is -4.44. The highest BCUT2D eigenvalue weighted by Gasteiger charge is 2.32. The summed E-state index contributed by atoms with van der Waals surface area (Å²) >= 11 is 0. The van der Waals surface area contributed by atoms with Gasteiger partial charge < -0.3 is 10.1 Å². The Labute approximate surface area is 155 Å². The molecule has 1 unspecified atom stereocenters. The number of allylic oxidation sites excluding steroid dienone is 1. The van der Waals surface area contributed by atoms with Gasteiger partial charge in [0.15, 0.2) is 0 Å². The predicted molar refractivity (Wildman–Crippen MR) is 94.9 cm³/mol. The highest BCUT2D eigenvalue weighted by molar-refractivity contribution is 5.96. The molecule has 1 N–H and O–H groups in total. The zero-order valence-corrected chi connectivity index (χ0v) is 14.7. The average Bonchev–Trinajstić information content (AvgIpc) is 2.83. The number of hydrogen-bond acceptors (Lipinski definition) is 3. The molecule has 0 bridgehead atoms. The summed E-state index contributed by atoms with van der Waals surface area (Å²) < 4.78 is 44.3. The van der Waals surface area contributed by atoms with Gasteiger partial charge in [-0.1, -0.05) is 12.1 Å². The van der Waals surface area contributed by atoms with E-state index in [1.165, 1.54) is 12.1 Å². The highest BCUT2D eigenvalue weighted by Crippen LogP contribution is 2.38. The Kier molecular flexibility index (Phi) is 5.48. The lowest BCUT2D eigenvalue weighted by Gasteiger charge is -2.14. The summed E-state index contributed by atoms with van der Waals surface area (Å²) in [6, 6.07) is 8.51. The van der Waals surface area contributed by atoms with E-state index in [2.05, 4.69) is 10.3 Å². The van der Waals surface area contributed by atoms with Crippen LogP contribution in [0.3, 0.4) is 0 Å². The third-order valence-corrected chi connectivity index (χ3v) is 4.30. The average molecular weight is 376 g/mol. The van der Waals surface area contributed by atoms with E-state index in [-0.39, 0.29) is 17.7 Å². The quantitative estimate of drug-likeness (QED) is 0.801. The first kappa shape index (κ1) is 18.9. The molecule has 0 fully saturated rings. The number of nitrogens with zero attached hydrogens (tertiary/aromatic N) is 1. The maximum Gasteiger partial charge on any atom is 0.416 e. The first-order chi connectivity index (χ1) is 12.8. The molecule has 0 saturated carbocycles. The van der Waals surface area contributed by atoms with Crippen molar-refractivity contribution in [2.24, 2.45) is 0 Å². The fraction of sp³-hybridized carbons (Fsp3) is 0.300. The van der Waals surface area contributed by atoms with Crippen molar-refractivity contribution in [1.29, 1.82) is 0 Å². The molecule has 27 heavy (non-hydrogen) atoms. The van der Waals surface area contributed by atoms with Gasteiger partial charge >= 0.3 is 6.18 Å². The summed E-state index contributed by atoms with van der Waals surface area (Å²) in [6.45, 7) is 2.12. The Morgan fingerprint density at radius 3 is 2.81 bits per heavy atom. The molecule has 3 rings (SSSR count). The molecular formula is C20H19F3N2O2. The van der Waals surface area contributed by atoms with Crippen molar-refractivity contribution < 1.29 is 22.7 Å². The largest absolute Gasteiger partial charge is 0.493 e. The summed E-state index contributed by atoms with van der Waals surface area (Å²) in [5, 5.41) is 2.83. The van der Waals surface area contributed by atoms with Gasteiger partial charge in [-0.2, -0.15) is 13.2 Å². The minimum Gasteiger partial charge on any atom is -0.493 e. The van der Waals surface area contributed by atoms with Gasteiger partial charge in [0.05, 0.1) is 23.9 Å². The highest BCUT2D eigenvalue weighted by atomic mass is 19.4. The molecular weight excluding hydrogens is 357 g/mol. The van der Waals surface area contributed by atoms with Crippen LogP contribution in [0.5, 0.6) is 5.75 Å². The summed E-state index contributed by atoms with van der Waals surface area (Å²) in [5.41, 5.74) is 1.13. The van der Waals surface area contributed by atoms with Crippen molar-refractivity contribution in [1.82, 2.24) is 10.3 Å². The van der Waals surface area contributed by atoms with Crippen LogP contribution in [0.1, 0.15) is 42.6 Å². The van der Waals surface area contributed by atoms with E-state index in [1.807, 2.05) is 19.1 Å². The van der Waals surface area contributed by atoms with Gasteiger partial charge in [0.2, 0.25) is 5.91 Å². The van der Waals surface area contributed by atoms with Crippen molar-refractivity contribution >= 4 is 11.5 Å². The third kappa shape index (κ3) is 4.67. The first-order valence-electron chi connectivity index (χ1n) is 8.61. The van der Waals surface area contributed by atoms with E-state index >= 15 is 0 Å². The van der Waals surface area contributed by atoms with Crippen molar-refractivity contribution in [3.8, 4) is 5.75 Å². The van der Waals surface area contributed by atoms with Gasteiger partial charge in [-0.25, -0.2) is 0 Å². The standard InChI is InChI=1S/C20H19F3N2O2/c1-13(17-6-2-3-9-24-17)25-19(26)11-14-5-4-10-27-18-12-15(20(21,22)23)7-8-16(14)18/h2-3,6-9,11-13H,4-5,10H2,1H3,(H,25,26). The fourth-order valence-electron chi connectivity index (χ4n) is 2.93. The van der Waals surface area contributed by atoms with E-state index in [9.17, 15) is 18.0 Å². The SMILES string of the molecule is CC(NC(=O)C=C1CCCOc2cc(C(F)(F)F)ccc21)c1ccccn1. The van der Waals surface area contributed by atoms with E-state index in [0.717, 1.165) is 17.8 Å². The van der Waals surface area contributed by atoms with Crippen molar-refractivity contribution in [2.75, 3.05) is 6.61 Å². The second kappa shape index (κ2) is 7.82. The molecule has 1 aliphatic heterocycles.